The summed E-state index contributed by atoms with van der Waals surface area (Å²) < 4.78 is 5.08. The van der Waals surface area contributed by atoms with E-state index in [9.17, 15) is 14.7 Å². The van der Waals surface area contributed by atoms with E-state index in [1.165, 1.54) is 0 Å². The first-order chi connectivity index (χ1) is 12.5. The van der Waals surface area contributed by atoms with Gasteiger partial charge in [-0.1, -0.05) is 5.16 Å². The van der Waals surface area contributed by atoms with Gasteiger partial charge in [-0.15, -0.1) is 0 Å². The summed E-state index contributed by atoms with van der Waals surface area (Å²) in [6.45, 7) is 3.51. The molecule has 0 saturated carbocycles. The van der Waals surface area contributed by atoms with Crippen LogP contribution in [0.25, 0.3) is 0 Å². The van der Waals surface area contributed by atoms with Crippen molar-refractivity contribution < 1.29 is 19.2 Å². The summed E-state index contributed by atoms with van der Waals surface area (Å²) in [6, 6.07) is 7.32. The molecule has 0 spiro atoms. The van der Waals surface area contributed by atoms with Gasteiger partial charge in [0.1, 0.15) is 5.76 Å². The quantitative estimate of drug-likeness (QED) is 0.907. The van der Waals surface area contributed by atoms with E-state index in [4.69, 9.17) is 4.52 Å². The van der Waals surface area contributed by atoms with Crippen molar-refractivity contribution in [1.82, 2.24) is 10.1 Å². The Kier molecular flexibility index (Phi) is 3.95. The average Bonchev–Trinajstić information content (AvgIpc) is 3.27. The molecule has 2 aliphatic heterocycles. The lowest BCUT2D eigenvalue weighted by atomic mass is 10.0. The number of aromatic carboxylic acids is 1. The van der Waals surface area contributed by atoms with Crippen molar-refractivity contribution in [2.45, 2.75) is 26.3 Å². The van der Waals surface area contributed by atoms with Crippen LogP contribution in [0.3, 0.4) is 0 Å². The topological polar surface area (TPSA) is 99.2 Å². The Balaban J connectivity index is 1.51. The molecule has 1 N–H and O–H groups in total. The highest BCUT2D eigenvalue weighted by atomic mass is 16.5. The molecule has 0 radical (unpaired) electrons. The van der Waals surface area contributed by atoms with Gasteiger partial charge in [0, 0.05) is 42.8 Å². The molecule has 4 rings (SSSR count). The number of amides is 1. The van der Waals surface area contributed by atoms with E-state index in [1.807, 2.05) is 24.1 Å². The smallest absolute Gasteiger partial charge is 0.358 e. The van der Waals surface area contributed by atoms with E-state index in [1.54, 1.807) is 17.0 Å². The van der Waals surface area contributed by atoms with Crippen LogP contribution in [0.5, 0.6) is 0 Å². The number of carboxylic acid groups (broad SMARTS) is 1. The molecule has 8 heteroatoms. The Hall–Kier alpha value is -3.16. The Morgan fingerprint density at radius 2 is 1.92 bits per heavy atom. The Bertz CT molecular complexity index is 900. The second-order valence-electron chi connectivity index (χ2n) is 6.47. The first-order valence-corrected chi connectivity index (χ1v) is 8.44. The lowest BCUT2D eigenvalue weighted by Crippen LogP contribution is -2.36. The van der Waals surface area contributed by atoms with Crippen molar-refractivity contribution in [2.24, 2.45) is 5.10 Å². The van der Waals surface area contributed by atoms with E-state index in [-0.39, 0.29) is 18.1 Å². The number of carboxylic acids is 1. The predicted molar refractivity (Wildman–Crippen MR) is 93.4 cm³/mol. The molecule has 8 nitrogen and oxygen atoms in total. The van der Waals surface area contributed by atoms with Gasteiger partial charge in [-0.05, 0) is 31.2 Å². The minimum Gasteiger partial charge on any atom is -0.476 e. The monoisotopic (exact) mass is 354 g/mol. The van der Waals surface area contributed by atoms with Crippen LogP contribution < -0.4 is 5.01 Å². The van der Waals surface area contributed by atoms with Crippen molar-refractivity contribution >= 4 is 23.3 Å². The van der Waals surface area contributed by atoms with E-state index in [2.05, 4.69) is 10.3 Å². The van der Waals surface area contributed by atoms with Crippen molar-refractivity contribution in [3.8, 4) is 0 Å². The molecule has 0 fully saturated rings. The molecule has 0 unspecified atom stereocenters. The number of aromatic nitrogens is 1. The molecule has 0 atom stereocenters. The van der Waals surface area contributed by atoms with Gasteiger partial charge in [0.15, 0.2) is 5.69 Å². The molecule has 0 bridgehead atoms. The highest BCUT2D eigenvalue weighted by Crippen LogP contribution is 2.25. The molecular weight excluding hydrogens is 336 g/mol. The number of carbonyl (C=O) groups is 2. The third-order valence-corrected chi connectivity index (χ3v) is 4.71. The van der Waals surface area contributed by atoms with Crippen LogP contribution in [0.2, 0.25) is 0 Å². The lowest BCUT2D eigenvalue weighted by molar-refractivity contribution is 0.0673. The van der Waals surface area contributed by atoms with E-state index >= 15 is 0 Å². The second kappa shape index (κ2) is 6.29. The number of benzene rings is 1. The van der Waals surface area contributed by atoms with Crippen LogP contribution in [0.4, 0.5) is 5.69 Å². The van der Waals surface area contributed by atoms with E-state index in [0.29, 0.717) is 29.9 Å². The summed E-state index contributed by atoms with van der Waals surface area (Å²) >= 11 is 0. The maximum absolute atomic E-state index is 12.8. The Morgan fingerprint density at radius 3 is 2.58 bits per heavy atom. The largest absolute Gasteiger partial charge is 0.476 e. The fourth-order valence-corrected chi connectivity index (χ4v) is 3.27. The molecule has 134 valence electrons. The van der Waals surface area contributed by atoms with Crippen molar-refractivity contribution in [3.63, 3.8) is 0 Å². The fraction of sp³-hybridized carbons (Fsp3) is 0.333. The highest BCUT2D eigenvalue weighted by Gasteiger charge is 2.30. The number of hydrogen-bond acceptors (Lipinski definition) is 6. The van der Waals surface area contributed by atoms with Gasteiger partial charge in [-0.25, -0.2) is 4.79 Å². The van der Waals surface area contributed by atoms with Gasteiger partial charge in [-0.2, -0.15) is 5.10 Å². The third-order valence-electron chi connectivity index (χ3n) is 4.71. The Labute approximate surface area is 149 Å². The van der Waals surface area contributed by atoms with Crippen LogP contribution in [0.15, 0.2) is 33.9 Å². The summed E-state index contributed by atoms with van der Waals surface area (Å²) in [4.78, 5) is 25.6. The van der Waals surface area contributed by atoms with Crippen LogP contribution >= 0.6 is 0 Å². The molecular formula is C18H18N4O4. The zero-order valence-electron chi connectivity index (χ0n) is 14.3. The zero-order valence-corrected chi connectivity index (χ0v) is 14.3. The second-order valence-corrected chi connectivity index (χ2v) is 6.47. The highest BCUT2D eigenvalue weighted by molar-refractivity contribution is 5.95. The zero-order chi connectivity index (χ0) is 18.3. The molecule has 3 heterocycles. The van der Waals surface area contributed by atoms with Crippen LogP contribution in [0, 0.1) is 0 Å². The number of hydrogen-bond donors (Lipinski definition) is 1. The van der Waals surface area contributed by atoms with Gasteiger partial charge < -0.3 is 14.5 Å². The standard InChI is InChI=1S/C18H18N4O4/c1-11-6-9-22(19-11)13-4-2-12(3-5-13)17(23)21-8-7-15-14(10-21)16(18(24)25)20-26-15/h2-5H,6-10H2,1H3,(H,24,25). The molecule has 2 aliphatic rings. The summed E-state index contributed by atoms with van der Waals surface area (Å²) in [6.07, 6.45) is 1.41. The first kappa shape index (κ1) is 16.3. The number of fused-ring (bicyclic) bond motifs is 1. The molecule has 1 aromatic carbocycles. The van der Waals surface area contributed by atoms with Gasteiger partial charge in [-0.3, -0.25) is 9.80 Å². The van der Waals surface area contributed by atoms with Gasteiger partial charge in [0.2, 0.25) is 0 Å². The first-order valence-electron chi connectivity index (χ1n) is 8.44. The maximum atomic E-state index is 12.8. The van der Waals surface area contributed by atoms with Crippen LogP contribution in [-0.4, -0.2) is 45.8 Å². The summed E-state index contributed by atoms with van der Waals surface area (Å²) in [5.41, 5.74) is 2.97. The average molecular weight is 354 g/mol. The van der Waals surface area contributed by atoms with E-state index < -0.39 is 5.97 Å². The van der Waals surface area contributed by atoms with Crippen molar-refractivity contribution in [2.75, 3.05) is 18.1 Å². The maximum Gasteiger partial charge on any atom is 0.358 e. The number of carbonyl (C=O) groups excluding carboxylic acids is 1. The third kappa shape index (κ3) is 2.83. The minimum absolute atomic E-state index is 0.116. The van der Waals surface area contributed by atoms with Crippen LogP contribution in [-0.2, 0) is 13.0 Å². The number of hydrazone groups is 1. The van der Waals surface area contributed by atoms with E-state index in [0.717, 1.165) is 24.4 Å². The predicted octanol–water partition coefficient (Wildman–Crippen LogP) is 2.16. The number of anilines is 1. The number of rotatable bonds is 3. The molecule has 0 aliphatic carbocycles. The summed E-state index contributed by atoms with van der Waals surface area (Å²) in [5, 5.41) is 19.2. The molecule has 26 heavy (non-hydrogen) atoms. The summed E-state index contributed by atoms with van der Waals surface area (Å²) in [5.74, 6) is -0.736. The van der Waals surface area contributed by atoms with Crippen LogP contribution in [0.1, 0.15) is 45.5 Å². The normalized spacial score (nSPS) is 16.4. The molecule has 0 saturated heterocycles. The molecule has 1 aromatic heterocycles. The minimum atomic E-state index is -1.14. The fourth-order valence-electron chi connectivity index (χ4n) is 3.27. The van der Waals surface area contributed by atoms with Gasteiger partial charge in [0.25, 0.3) is 5.91 Å². The Morgan fingerprint density at radius 1 is 1.15 bits per heavy atom. The number of nitrogens with zero attached hydrogens (tertiary/aromatic N) is 4. The summed E-state index contributed by atoms with van der Waals surface area (Å²) in [7, 11) is 0. The van der Waals surface area contributed by atoms with Crippen molar-refractivity contribution in [3.05, 3.63) is 46.8 Å². The van der Waals surface area contributed by atoms with Gasteiger partial charge in [0.05, 0.1) is 12.2 Å². The molecule has 1 amide bonds. The van der Waals surface area contributed by atoms with Crippen molar-refractivity contribution in [1.29, 1.82) is 0 Å². The lowest BCUT2D eigenvalue weighted by Gasteiger charge is -2.26. The SMILES string of the molecule is CC1=NN(c2ccc(C(=O)N3CCc4onc(C(=O)O)c4C3)cc2)CC1. The molecule has 2 aromatic rings. The van der Waals surface area contributed by atoms with Gasteiger partial charge >= 0.3 is 5.97 Å².